The van der Waals surface area contributed by atoms with E-state index in [4.69, 9.17) is 9.84 Å². The molecule has 1 saturated heterocycles. The van der Waals surface area contributed by atoms with E-state index in [-0.39, 0.29) is 31.4 Å². The summed E-state index contributed by atoms with van der Waals surface area (Å²) in [5.41, 5.74) is 0.753. The fourth-order valence-electron chi connectivity index (χ4n) is 2.54. The van der Waals surface area contributed by atoms with Gasteiger partial charge in [-0.25, -0.2) is 4.79 Å². The molecule has 0 bridgehead atoms. The number of morpholine rings is 1. The Hall–Kier alpha value is -2.06. The number of hydrogen-bond acceptors (Lipinski definition) is 5. The Kier molecular flexibility index (Phi) is 4.53. The Morgan fingerprint density at radius 3 is 2.96 bits per heavy atom. The van der Waals surface area contributed by atoms with Gasteiger partial charge in [-0.3, -0.25) is 9.59 Å². The number of carboxylic acid groups (broad SMARTS) is 1. The molecule has 2 aliphatic heterocycles. The highest BCUT2D eigenvalue weighted by molar-refractivity contribution is 8.01. The van der Waals surface area contributed by atoms with Gasteiger partial charge >= 0.3 is 5.97 Å². The van der Waals surface area contributed by atoms with Gasteiger partial charge in [0.15, 0.2) is 6.10 Å². The third kappa shape index (κ3) is 3.48. The number of aliphatic carboxylic acids is 1. The number of amides is 2. The molecule has 2 atom stereocenters. The third-order valence-corrected chi connectivity index (χ3v) is 5.04. The molecule has 1 aromatic rings. The maximum absolute atomic E-state index is 12.4. The average Bonchev–Trinajstić information content (AvgIpc) is 2.55. The molecule has 1 aromatic carbocycles. The molecule has 0 spiro atoms. The van der Waals surface area contributed by atoms with Crippen LogP contribution >= 0.6 is 11.8 Å². The summed E-state index contributed by atoms with van der Waals surface area (Å²) >= 11 is 1.36. The molecule has 2 amide bonds. The molecular formula is C15H16N2O5S. The zero-order valence-electron chi connectivity index (χ0n) is 12.2. The predicted octanol–water partition coefficient (Wildman–Crippen LogP) is 0.801. The number of rotatable bonds is 3. The van der Waals surface area contributed by atoms with E-state index in [1.165, 1.54) is 16.7 Å². The first-order chi connectivity index (χ1) is 11.0. The summed E-state index contributed by atoms with van der Waals surface area (Å²) in [6.07, 6.45) is -0.960. The fraction of sp³-hybridized carbons (Fsp3) is 0.400. The van der Waals surface area contributed by atoms with Crippen LogP contribution in [-0.4, -0.2) is 58.8 Å². The predicted molar refractivity (Wildman–Crippen MR) is 83.3 cm³/mol. The molecule has 2 N–H and O–H groups in total. The molecule has 0 radical (unpaired) electrons. The van der Waals surface area contributed by atoms with Crippen LogP contribution in [0.3, 0.4) is 0 Å². The molecule has 0 saturated carbocycles. The monoisotopic (exact) mass is 336 g/mol. The topological polar surface area (TPSA) is 95.9 Å². The summed E-state index contributed by atoms with van der Waals surface area (Å²) in [6, 6.07) is 7.43. The van der Waals surface area contributed by atoms with Gasteiger partial charge in [0.2, 0.25) is 11.8 Å². The van der Waals surface area contributed by atoms with E-state index in [2.05, 4.69) is 5.32 Å². The number of para-hydroxylation sites is 1. The van der Waals surface area contributed by atoms with Crippen molar-refractivity contribution in [2.24, 2.45) is 0 Å². The van der Waals surface area contributed by atoms with E-state index >= 15 is 0 Å². The Morgan fingerprint density at radius 2 is 2.17 bits per heavy atom. The number of fused-ring (bicyclic) bond motifs is 1. The lowest BCUT2D eigenvalue weighted by Crippen LogP contribution is -2.49. The summed E-state index contributed by atoms with van der Waals surface area (Å²) < 4.78 is 5.10. The first-order valence-electron chi connectivity index (χ1n) is 7.23. The largest absolute Gasteiger partial charge is 0.479 e. The zero-order valence-corrected chi connectivity index (χ0v) is 13.0. The van der Waals surface area contributed by atoms with Crippen LogP contribution in [0.2, 0.25) is 0 Å². The summed E-state index contributed by atoms with van der Waals surface area (Å²) in [6.45, 7) is 0.553. The van der Waals surface area contributed by atoms with Crippen LogP contribution in [0.4, 0.5) is 5.69 Å². The highest BCUT2D eigenvalue weighted by Crippen LogP contribution is 2.36. The average molecular weight is 336 g/mol. The molecular weight excluding hydrogens is 320 g/mol. The Balaban J connectivity index is 1.64. The SMILES string of the molecule is O=C(O)[C@@H]1CN(C(=O)C[C@@H]2Sc3ccccc3NC2=O)CCO1. The van der Waals surface area contributed by atoms with Crippen molar-refractivity contribution in [2.45, 2.75) is 22.7 Å². The van der Waals surface area contributed by atoms with E-state index < -0.39 is 17.3 Å². The molecule has 0 unspecified atom stereocenters. The molecule has 2 aliphatic rings. The van der Waals surface area contributed by atoms with Crippen LogP contribution in [0.25, 0.3) is 0 Å². The first-order valence-corrected chi connectivity index (χ1v) is 8.11. The molecule has 23 heavy (non-hydrogen) atoms. The van der Waals surface area contributed by atoms with Gasteiger partial charge in [-0.05, 0) is 12.1 Å². The molecule has 3 rings (SSSR count). The number of anilines is 1. The van der Waals surface area contributed by atoms with Crippen LogP contribution < -0.4 is 5.32 Å². The molecule has 7 nitrogen and oxygen atoms in total. The zero-order chi connectivity index (χ0) is 16.4. The minimum atomic E-state index is -1.08. The smallest absolute Gasteiger partial charge is 0.334 e. The molecule has 8 heteroatoms. The number of hydrogen-bond donors (Lipinski definition) is 2. The molecule has 1 fully saturated rings. The van der Waals surface area contributed by atoms with Crippen molar-refractivity contribution in [3.05, 3.63) is 24.3 Å². The first kappa shape index (κ1) is 15.8. The molecule has 0 aliphatic carbocycles. The van der Waals surface area contributed by atoms with Gasteiger partial charge in [-0.2, -0.15) is 0 Å². The van der Waals surface area contributed by atoms with E-state index in [0.29, 0.717) is 6.54 Å². The summed E-state index contributed by atoms with van der Waals surface area (Å²) in [5, 5.41) is 11.3. The van der Waals surface area contributed by atoms with E-state index in [9.17, 15) is 14.4 Å². The highest BCUT2D eigenvalue weighted by Gasteiger charge is 2.33. The number of ether oxygens (including phenoxy) is 1. The molecule has 122 valence electrons. The normalized spacial score (nSPS) is 23.8. The van der Waals surface area contributed by atoms with Gasteiger partial charge in [0, 0.05) is 17.9 Å². The van der Waals surface area contributed by atoms with Crippen LogP contribution in [0.5, 0.6) is 0 Å². The van der Waals surface area contributed by atoms with Gasteiger partial charge in [-0.15, -0.1) is 11.8 Å². The second-order valence-electron chi connectivity index (χ2n) is 5.33. The van der Waals surface area contributed by atoms with Crippen molar-refractivity contribution < 1.29 is 24.2 Å². The number of carbonyl (C=O) groups is 3. The van der Waals surface area contributed by atoms with Gasteiger partial charge < -0.3 is 20.1 Å². The maximum Gasteiger partial charge on any atom is 0.334 e. The van der Waals surface area contributed by atoms with Gasteiger partial charge in [0.1, 0.15) is 0 Å². The van der Waals surface area contributed by atoms with Crippen molar-refractivity contribution in [3.8, 4) is 0 Å². The quantitative estimate of drug-likeness (QED) is 0.848. The van der Waals surface area contributed by atoms with Gasteiger partial charge in [-0.1, -0.05) is 12.1 Å². The number of thioether (sulfide) groups is 1. The van der Waals surface area contributed by atoms with Gasteiger partial charge in [0.05, 0.1) is 24.1 Å². The van der Waals surface area contributed by atoms with Crippen molar-refractivity contribution in [3.63, 3.8) is 0 Å². The second-order valence-corrected chi connectivity index (χ2v) is 6.58. The second kappa shape index (κ2) is 6.59. The summed E-state index contributed by atoms with van der Waals surface area (Å²) in [4.78, 5) is 37.9. The van der Waals surface area contributed by atoms with Crippen LogP contribution in [0, 0.1) is 0 Å². The number of carbonyl (C=O) groups excluding carboxylic acids is 2. The highest BCUT2D eigenvalue weighted by atomic mass is 32.2. The van der Waals surface area contributed by atoms with E-state index in [1.54, 1.807) is 0 Å². The van der Waals surface area contributed by atoms with Crippen LogP contribution in [0.1, 0.15) is 6.42 Å². The van der Waals surface area contributed by atoms with Crippen LogP contribution in [0.15, 0.2) is 29.2 Å². The lowest BCUT2D eigenvalue weighted by atomic mass is 10.2. The van der Waals surface area contributed by atoms with Crippen molar-refractivity contribution in [2.75, 3.05) is 25.0 Å². The number of nitrogens with one attached hydrogen (secondary N) is 1. The Bertz CT molecular complexity index is 651. The third-order valence-electron chi connectivity index (χ3n) is 3.76. The molecule has 0 aromatic heterocycles. The van der Waals surface area contributed by atoms with Crippen molar-refractivity contribution in [1.82, 2.24) is 4.90 Å². The van der Waals surface area contributed by atoms with E-state index in [1.807, 2.05) is 24.3 Å². The van der Waals surface area contributed by atoms with Crippen molar-refractivity contribution >= 4 is 35.2 Å². The van der Waals surface area contributed by atoms with Crippen molar-refractivity contribution in [1.29, 1.82) is 0 Å². The van der Waals surface area contributed by atoms with Gasteiger partial charge in [0.25, 0.3) is 0 Å². The van der Waals surface area contributed by atoms with Crippen LogP contribution in [-0.2, 0) is 19.1 Å². The fourth-order valence-corrected chi connectivity index (χ4v) is 3.64. The molecule has 2 heterocycles. The summed E-state index contributed by atoms with van der Waals surface area (Å²) in [7, 11) is 0. The standard InChI is InChI=1S/C15H16N2O5S/c18-13(17-5-6-22-10(8-17)15(20)21)7-12-14(19)16-9-3-1-2-4-11(9)23-12/h1-4,10,12H,5-8H2,(H,16,19)(H,20,21)/t10-,12-/m0/s1. The minimum absolute atomic E-state index is 0.0176. The lowest BCUT2D eigenvalue weighted by molar-refractivity contribution is -0.159. The number of nitrogens with zero attached hydrogens (tertiary/aromatic N) is 1. The number of carboxylic acids is 1. The maximum atomic E-state index is 12.4. The summed E-state index contributed by atoms with van der Waals surface area (Å²) in [5.74, 6) is -1.52. The Labute approximate surface area is 137 Å². The van der Waals surface area contributed by atoms with E-state index in [0.717, 1.165) is 10.6 Å². The minimum Gasteiger partial charge on any atom is -0.479 e. The lowest BCUT2D eigenvalue weighted by Gasteiger charge is -2.32. The number of benzene rings is 1. The Morgan fingerprint density at radius 1 is 1.39 bits per heavy atom.